The molecule has 0 saturated carbocycles. The van der Waals surface area contributed by atoms with Crippen LogP contribution in [0.25, 0.3) is 0 Å². The number of rotatable bonds is 10. The lowest BCUT2D eigenvalue weighted by Crippen LogP contribution is -2.39. The standard InChI is InChI=1S/C22H32N4O3S/c1-5-29-15-19(12-16(2)3)25-30(27,28)20-8-6-18(7-9-20)14-26-17(4)24-21-13-23-11-10-22(21)26/h6-11,13,16-17,19,24-25H,5,12,14-15H2,1-4H3. The molecule has 2 unspecified atom stereocenters. The minimum Gasteiger partial charge on any atom is -0.380 e. The Morgan fingerprint density at radius 2 is 1.97 bits per heavy atom. The van der Waals surface area contributed by atoms with Crippen LogP contribution in [0.1, 0.15) is 39.7 Å². The minimum atomic E-state index is -3.60. The first-order valence-electron chi connectivity index (χ1n) is 10.5. The Bertz CT molecular complexity index is 932. The van der Waals surface area contributed by atoms with E-state index in [-0.39, 0.29) is 17.1 Å². The van der Waals surface area contributed by atoms with E-state index < -0.39 is 10.0 Å². The van der Waals surface area contributed by atoms with Gasteiger partial charge in [-0.15, -0.1) is 0 Å². The molecule has 1 aromatic heterocycles. The molecule has 3 rings (SSSR count). The van der Waals surface area contributed by atoms with Gasteiger partial charge >= 0.3 is 0 Å². The first kappa shape index (κ1) is 22.5. The largest absolute Gasteiger partial charge is 0.380 e. The fourth-order valence-corrected chi connectivity index (χ4v) is 4.95. The van der Waals surface area contributed by atoms with Crippen LogP contribution in [0, 0.1) is 5.92 Å². The lowest BCUT2D eigenvalue weighted by Gasteiger charge is -2.24. The number of ether oxygens (including phenoxy) is 1. The molecule has 2 N–H and O–H groups in total. The van der Waals surface area contributed by atoms with Crippen LogP contribution in [0.3, 0.4) is 0 Å². The predicted octanol–water partition coefficient (Wildman–Crippen LogP) is 3.59. The number of nitrogens with zero attached hydrogens (tertiary/aromatic N) is 2. The molecule has 0 fully saturated rings. The average molecular weight is 433 g/mol. The SMILES string of the molecule is CCOCC(CC(C)C)NS(=O)(=O)c1ccc(CN2c3ccncc3NC2C)cc1. The number of sulfonamides is 1. The Morgan fingerprint density at radius 3 is 2.63 bits per heavy atom. The van der Waals surface area contributed by atoms with E-state index in [1.807, 2.05) is 31.3 Å². The van der Waals surface area contributed by atoms with Crippen LogP contribution in [0.2, 0.25) is 0 Å². The van der Waals surface area contributed by atoms with Crippen molar-refractivity contribution in [3.8, 4) is 0 Å². The van der Waals surface area contributed by atoms with Crippen LogP contribution >= 0.6 is 0 Å². The second-order valence-electron chi connectivity index (χ2n) is 8.09. The van der Waals surface area contributed by atoms with E-state index in [4.69, 9.17) is 4.74 Å². The van der Waals surface area contributed by atoms with E-state index in [0.717, 1.165) is 23.4 Å². The van der Waals surface area contributed by atoms with E-state index in [1.54, 1.807) is 18.3 Å². The molecule has 2 aromatic rings. The van der Waals surface area contributed by atoms with Crippen molar-refractivity contribution < 1.29 is 13.2 Å². The Balaban J connectivity index is 1.70. The van der Waals surface area contributed by atoms with E-state index >= 15 is 0 Å². The van der Waals surface area contributed by atoms with Gasteiger partial charge in [-0.1, -0.05) is 26.0 Å². The molecule has 1 aliphatic rings. The van der Waals surface area contributed by atoms with Crippen molar-refractivity contribution >= 4 is 21.4 Å². The van der Waals surface area contributed by atoms with Crippen molar-refractivity contribution in [3.63, 3.8) is 0 Å². The van der Waals surface area contributed by atoms with Gasteiger partial charge in [0.1, 0.15) is 0 Å². The van der Waals surface area contributed by atoms with Gasteiger partial charge in [0.2, 0.25) is 10.0 Å². The summed E-state index contributed by atoms with van der Waals surface area (Å²) < 4.78 is 34.0. The first-order chi connectivity index (χ1) is 14.3. The summed E-state index contributed by atoms with van der Waals surface area (Å²) in [6.45, 7) is 9.77. The number of benzene rings is 1. The Morgan fingerprint density at radius 1 is 1.23 bits per heavy atom. The normalized spacial score (nSPS) is 17.1. The van der Waals surface area contributed by atoms with E-state index in [1.165, 1.54) is 0 Å². The van der Waals surface area contributed by atoms with Crippen LogP contribution in [0.5, 0.6) is 0 Å². The highest BCUT2D eigenvalue weighted by molar-refractivity contribution is 7.89. The van der Waals surface area contributed by atoms with Gasteiger partial charge in [0.15, 0.2) is 0 Å². The molecule has 0 bridgehead atoms. The number of nitrogens with one attached hydrogen (secondary N) is 2. The van der Waals surface area contributed by atoms with Gasteiger partial charge in [0, 0.05) is 25.4 Å². The molecule has 1 aliphatic heterocycles. The molecule has 0 aliphatic carbocycles. The molecule has 2 heterocycles. The Kier molecular flexibility index (Phi) is 7.33. The summed E-state index contributed by atoms with van der Waals surface area (Å²) in [5, 5.41) is 3.40. The number of pyridine rings is 1. The maximum Gasteiger partial charge on any atom is 0.240 e. The highest BCUT2D eigenvalue weighted by Crippen LogP contribution is 2.34. The number of hydrogen-bond acceptors (Lipinski definition) is 6. The summed E-state index contributed by atoms with van der Waals surface area (Å²) in [6.07, 6.45) is 4.47. The molecular formula is C22H32N4O3S. The summed E-state index contributed by atoms with van der Waals surface area (Å²) in [5.74, 6) is 0.370. The fourth-order valence-electron chi connectivity index (χ4n) is 3.72. The lowest BCUT2D eigenvalue weighted by molar-refractivity contribution is 0.122. The maximum atomic E-state index is 12.9. The monoisotopic (exact) mass is 432 g/mol. The van der Waals surface area contributed by atoms with E-state index in [0.29, 0.717) is 25.7 Å². The molecule has 164 valence electrons. The molecule has 0 radical (unpaired) electrons. The Hall–Kier alpha value is -2.16. The molecular weight excluding hydrogens is 400 g/mol. The molecule has 0 saturated heterocycles. The molecule has 2 atom stereocenters. The highest BCUT2D eigenvalue weighted by Gasteiger charge is 2.25. The van der Waals surface area contributed by atoms with Crippen LogP contribution in [-0.4, -0.2) is 38.8 Å². The second-order valence-corrected chi connectivity index (χ2v) is 9.81. The van der Waals surface area contributed by atoms with Crippen molar-refractivity contribution in [1.29, 1.82) is 0 Å². The van der Waals surface area contributed by atoms with Crippen LogP contribution < -0.4 is 14.9 Å². The van der Waals surface area contributed by atoms with Crippen LogP contribution in [0.15, 0.2) is 47.6 Å². The molecule has 30 heavy (non-hydrogen) atoms. The average Bonchev–Trinajstić information content (AvgIpc) is 3.01. The zero-order valence-electron chi connectivity index (χ0n) is 18.1. The Labute approximate surface area is 179 Å². The summed E-state index contributed by atoms with van der Waals surface area (Å²) in [4.78, 5) is 6.67. The van der Waals surface area contributed by atoms with Gasteiger partial charge in [-0.2, -0.15) is 0 Å². The lowest BCUT2D eigenvalue weighted by atomic mass is 10.1. The van der Waals surface area contributed by atoms with Gasteiger partial charge in [-0.3, -0.25) is 4.98 Å². The highest BCUT2D eigenvalue weighted by atomic mass is 32.2. The smallest absolute Gasteiger partial charge is 0.240 e. The fraction of sp³-hybridized carbons (Fsp3) is 0.500. The van der Waals surface area contributed by atoms with E-state index in [9.17, 15) is 8.42 Å². The zero-order valence-corrected chi connectivity index (χ0v) is 18.9. The van der Waals surface area contributed by atoms with Crippen LogP contribution in [-0.2, 0) is 21.3 Å². The third kappa shape index (κ3) is 5.50. The van der Waals surface area contributed by atoms with Crippen molar-refractivity contribution in [3.05, 3.63) is 48.3 Å². The summed E-state index contributed by atoms with van der Waals surface area (Å²) in [7, 11) is -3.60. The van der Waals surface area contributed by atoms with Crippen molar-refractivity contribution in [2.75, 3.05) is 23.4 Å². The molecule has 0 spiro atoms. The van der Waals surface area contributed by atoms with Gasteiger partial charge in [-0.25, -0.2) is 13.1 Å². The number of fused-ring (bicyclic) bond motifs is 1. The van der Waals surface area contributed by atoms with Crippen molar-refractivity contribution in [1.82, 2.24) is 9.71 Å². The summed E-state index contributed by atoms with van der Waals surface area (Å²) >= 11 is 0. The third-order valence-corrected chi connectivity index (χ3v) is 6.66. The topological polar surface area (TPSA) is 83.6 Å². The third-order valence-electron chi connectivity index (χ3n) is 5.13. The quantitative estimate of drug-likeness (QED) is 0.597. The number of aromatic nitrogens is 1. The van der Waals surface area contributed by atoms with Gasteiger partial charge in [0.05, 0.1) is 35.2 Å². The van der Waals surface area contributed by atoms with Gasteiger partial charge in [0.25, 0.3) is 0 Å². The summed E-state index contributed by atoms with van der Waals surface area (Å²) in [5.41, 5.74) is 3.16. The molecule has 8 heteroatoms. The number of anilines is 2. The minimum absolute atomic E-state index is 0.143. The zero-order chi connectivity index (χ0) is 21.7. The van der Waals surface area contributed by atoms with Crippen molar-refractivity contribution in [2.45, 2.75) is 57.8 Å². The first-order valence-corrected chi connectivity index (χ1v) is 11.9. The van der Waals surface area contributed by atoms with E-state index in [2.05, 4.69) is 40.7 Å². The predicted molar refractivity (Wildman–Crippen MR) is 120 cm³/mol. The van der Waals surface area contributed by atoms with Crippen LogP contribution in [0.4, 0.5) is 11.4 Å². The van der Waals surface area contributed by atoms with Gasteiger partial charge in [-0.05, 0) is 49.9 Å². The molecule has 0 amide bonds. The summed E-state index contributed by atoms with van der Waals surface area (Å²) in [6, 6.07) is 8.85. The molecule has 7 nitrogen and oxygen atoms in total. The second kappa shape index (κ2) is 9.76. The number of hydrogen-bond donors (Lipinski definition) is 2. The maximum absolute atomic E-state index is 12.9. The van der Waals surface area contributed by atoms with Gasteiger partial charge < -0.3 is 15.0 Å². The molecule has 1 aromatic carbocycles. The van der Waals surface area contributed by atoms with Crippen molar-refractivity contribution in [2.24, 2.45) is 5.92 Å².